The summed E-state index contributed by atoms with van der Waals surface area (Å²) in [4.78, 5) is 35.1. The number of hydrogen-bond acceptors (Lipinski definition) is 6. The molecule has 15 heteroatoms. The Morgan fingerprint density at radius 3 is 2.73 bits per heavy atom. The van der Waals surface area contributed by atoms with Crippen molar-refractivity contribution in [3.05, 3.63) is 82.8 Å². The van der Waals surface area contributed by atoms with E-state index >= 15 is 0 Å². The van der Waals surface area contributed by atoms with Crippen LogP contribution in [0.15, 0.2) is 54.7 Å². The molecule has 0 fully saturated rings. The number of likely N-dealkylation sites (N-methyl/N-ethyl adjacent to an activating group) is 1. The smallest absolute Gasteiger partial charge is 0.447 e. The van der Waals surface area contributed by atoms with E-state index in [1.165, 1.54) is 28.8 Å². The fourth-order valence-corrected chi connectivity index (χ4v) is 5.22. The third kappa shape index (κ3) is 7.36. The van der Waals surface area contributed by atoms with Crippen LogP contribution in [0.25, 0.3) is 10.8 Å². The monoisotopic (exact) mass is 633 g/mol. The maximum atomic E-state index is 13.8. The number of halogens is 5. The number of aryl methyl sites for hydroxylation is 1. The number of carbonyl (C=O) groups excluding carboxylic acids is 2. The number of carbonyl (C=O) groups is 2. The van der Waals surface area contributed by atoms with Crippen LogP contribution in [0.5, 0.6) is 0 Å². The number of aromatic nitrogens is 4. The number of urea groups is 1. The lowest BCUT2D eigenvalue weighted by molar-refractivity contribution is -0.145. The molecule has 3 heterocycles. The first kappa shape index (κ1) is 31.0. The summed E-state index contributed by atoms with van der Waals surface area (Å²) in [6.07, 6.45) is -2.88. The van der Waals surface area contributed by atoms with Gasteiger partial charge in [0.05, 0.1) is 11.1 Å². The minimum atomic E-state index is -4.66. The number of nitrogens with zero attached hydrogens (tertiary/aromatic N) is 5. The number of benzene rings is 2. The molecule has 0 spiro atoms. The van der Waals surface area contributed by atoms with Gasteiger partial charge in [0.15, 0.2) is 0 Å². The van der Waals surface area contributed by atoms with Gasteiger partial charge in [-0.25, -0.2) is 28.6 Å². The van der Waals surface area contributed by atoms with Crippen LogP contribution >= 0.6 is 11.6 Å². The number of fused-ring (bicyclic) bond motifs is 2. The van der Waals surface area contributed by atoms with Crippen LogP contribution in [0.3, 0.4) is 0 Å². The summed E-state index contributed by atoms with van der Waals surface area (Å²) in [7, 11) is 1.51. The summed E-state index contributed by atoms with van der Waals surface area (Å²) >= 11 is 6.01. The van der Waals surface area contributed by atoms with Crippen molar-refractivity contribution in [2.75, 3.05) is 19.0 Å². The highest BCUT2D eigenvalue weighted by Crippen LogP contribution is 2.30. The van der Waals surface area contributed by atoms with Gasteiger partial charge in [0.2, 0.25) is 0 Å². The Balaban J connectivity index is 1.26. The minimum Gasteiger partial charge on any atom is -0.447 e. The average molecular weight is 634 g/mol. The molecule has 0 aliphatic carbocycles. The van der Waals surface area contributed by atoms with E-state index in [-0.39, 0.29) is 48.7 Å². The Morgan fingerprint density at radius 2 is 1.95 bits per heavy atom. The van der Waals surface area contributed by atoms with Gasteiger partial charge in [-0.3, -0.25) is 5.32 Å². The number of nitrogens with one attached hydrogen (secondary N) is 2. The number of hydrogen-bond donors (Lipinski definition) is 2. The van der Waals surface area contributed by atoms with Crippen molar-refractivity contribution in [3.8, 4) is 0 Å². The SMILES string of the molecule is CN(C(=O)NCc1cccc(F)c1Cl)[C@H](COC(=O)Nc1cc2ccccc2cn1)CC1CCn2nc(C(F)(F)F)nc2C1. The lowest BCUT2D eigenvalue weighted by Gasteiger charge is -2.32. The summed E-state index contributed by atoms with van der Waals surface area (Å²) in [5, 5.41) is 10.5. The molecule has 2 atom stereocenters. The van der Waals surface area contributed by atoms with E-state index in [4.69, 9.17) is 16.3 Å². The molecule has 2 aromatic heterocycles. The van der Waals surface area contributed by atoms with Crippen LogP contribution < -0.4 is 10.6 Å². The molecule has 0 saturated heterocycles. The van der Waals surface area contributed by atoms with Crippen LogP contribution in [0, 0.1) is 11.7 Å². The first-order valence-electron chi connectivity index (χ1n) is 13.7. The Hall–Kier alpha value is -4.46. The highest BCUT2D eigenvalue weighted by Gasteiger charge is 2.38. The van der Waals surface area contributed by atoms with Gasteiger partial charge < -0.3 is 15.0 Å². The van der Waals surface area contributed by atoms with Gasteiger partial charge in [0.1, 0.15) is 24.1 Å². The molecule has 1 aliphatic heterocycles. The maximum absolute atomic E-state index is 13.8. The standard InChI is InChI=1S/C29H28ClF4N7O3/c1-40(27(42)36-15-20-7-4-8-22(31)25(20)30)21(11-17-9-10-41-24(12-17)38-26(39-41)29(32,33)34)16-44-28(43)37-23-13-18-5-2-3-6-19(18)14-35-23/h2-8,13-14,17,21H,9-12,15-16H2,1H3,(H,36,42)(H,35,37,43)/t17?,21-/m0/s1. The van der Waals surface area contributed by atoms with Crippen molar-refractivity contribution in [1.29, 1.82) is 0 Å². The van der Waals surface area contributed by atoms with E-state index in [0.717, 1.165) is 10.8 Å². The predicted molar refractivity (Wildman–Crippen MR) is 153 cm³/mol. The first-order chi connectivity index (χ1) is 21.0. The zero-order valence-corrected chi connectivity index (χ0v) is 24.2. The van der Waals surface area contributed by atoms with Gasteiger partial charge in [0.25, 0.3) is 5.82 Å². The molecule has 2 N–H and O–H groups in total. The Morgan fingerprint density at radius 1 is 1.18 bits per heavy atom. The highest BCUT2D eigenvalue weighted by molar-refractivity contribution is 6.31. The molecule has 1 unspecified atom stereocenters. The summed E-state index contributed by atoms with van der Waals surface area (Å²) < 4.78 is 60.0. The minimum absolute atomic E-state index is 0.0613. The molecule has 0 bridgehead atoms. The molecule has 2 aromatic carbocycles. The maximum Gasteiger partial charge on any atom is 0.453 e. The van der Waals surface area contributed by atoms with Crippen molar-refractivity contribution >= 4 is 40.3 Å². The third-order valence-electron chi connectivity index (χ3n) is 7.43. The van der Waals surface area contributed by atoms with Crippen molar-refractivity contribution in [2.24, 2.45) is 5.92 Å². The highest BCUT2D eigenvalue weighted by atomic mass is 35.5. The fraction of sp³-hybridized carbons (Fsp3) is 0.345. The fourth-order valence-electron chi connectivity index (χ4n) is 5.02. The van der Waals surface area contributed by atoms with E-state index < -0.39 is 36.0 Å². The van der Waals surface area contributed by atoms with Gasteiger partial charge in [-0.2, -0.15) is 13.2 Å². The number of rotatable bonds is 8. The molecular weight excluding hydrogens is 606 g/mol. The number of anilines is 1. The number of ether oxygens (including phenoxy) is 1. The molecule has 44 heavy (non-hydrogen) atoms. The van der Waals surface area contributed by atoms with E-state index in [9.17, 15) is 27.2 Å². The Labute approximate surface area is 254 Å². The summed E-state index contributed by atoms with van der Waals surface area (Å²) in [6, 6.07) is 12.2. The number of pyridine rings is 1. The van der Waals surface area contributed by atoms with Crippen LogP contribution in [-0.4, -0.2) is 56.5 Å². The zero-order chi connectivity index (χ0) is 31.4. The Kier molecular flexibility index (Phi) is 9.18. The molecular formula is C29H28ClF4N7O3. The van der Waals surface area contributed by atoms with Crippen molar-refractivity contribution in [3.63, 3.8) is 0 Å². The molecule has 1 aliphatic rings. The predicted octanol–water partition coefficient (Wildman–Crippen LogP) is 6.05. The second kappa shape index (κ2) is 13.0. The van der Waals surface area contributed by atoms with Crippen molar-refractivity contribution < 1.29 is 31.9 Å². The normalized spacial score (nSPS) is 15.4. The lowest BCUT2D eigenvalue weighted by atomic mass is 9.90. The van der Waals surface area contributed by atoms with E-state index in [0.29, 0.717) is 18.4 Å². The molecule has 232 valence electrons. The summed E-state index contributed by atoms with van der Waals surface area (Å²) in [6.45, 7) is -0.0615. The lowest BCUT2D eigenvalue weighted by Crippen LogP contribution is -2.47. The molecule has 10 nitrogen and oxygen atoms in total. The van der Waals surface area contributed by atoms with E-state index in [1.54, 1.807) is 18.3 Å². The van der Waals surface area contributed by atoms with Crippen LogP contribution in [0.1, 0.15) is 30.1 Å². The van der Waals surface area contributed by atoms with Gasteiger partial charge in [-0.05, 0) is 41.8 Å². The number of amides is 3. The molecule has 4 aromatic rings. The molecule has 0 radical (unpaired) electrons. The first-order valence-corrected chi connectivity index (χ1v) is 14.1. The molecule has 3 amide bonds. The second-order valence-corrected chi connectivity index (χ2v) is 10.8. The largest absolute Gasteiger partial charge is 0.453 e. The topological polar surface area (TPSA) is 114 Å². The van der Waals surface area contributed by atoms with Crippen molar-refractivity contribution in [1.82, 2.24) is 30.0 Å². The summed E-state index contributed by atoms with van der Waals surface area (Å²) in [5.41, 5.74) is 0.371. The quantitative estimate of drug-likeness (QED) is 0.229. The van der Waals surface area contributed by atoms with Gasteiger partial charge >= 0.3 is 18.3 Å². The van der Waals surface area contributed by atoms with Gasteiger partial charge in [0, 0.05) is 38.1 Å². The van der Waals surface area contributed by atoms with Gasteiger partial charge in [-0.1, -0.05) is 48.0 Å². The third-order valence-corrected chi connectivity index (χ3v) is 7.85. The second-order valence-electron chi connectivity index (χ2n) is 10.4. The van der Waals surface area contributed by atoms with E-state index in [1.807, 2.05) is 24.3 Å². The average Bonchev–Trinajstić information content (AvgIpc) is 3.44. The number of alkyl halides is 3. The van der Waals surface area contributed by atoms with Crippen LogP contribution in [0.2, 0.25) is 5.02 Å². The molecule has 0 saturated carbocycles. The summed E-state index contributed by atoms with van der Waals surface area (Å²) in [5.74, 6) is -1.53. The molecule has 5 rings (SSSR count). The zero-order valence-electron chi connectivity index (χ0n) is 23.4. The van der Waals surface area contributed by atoms with Gasteiger partial charge in [-0.15, -0.1) is 5.10 Å². The Bertz CT molecular complexity index is 1670. The van der Waals surface area contributed by atoms with Crippen molar-refractivity contribution in [2.45, 2.75) is 44.6 Å². The van der Waals surface area contributed by atoms with E-state index in [2.05, 4.69) is 25.7 Å². The van der Waals surface area contributed by atoms with Crippen LogP contribution in [0.4, 0.5) is 33.0 Å². The van der Waals surface area contributed by atoms with Crippen LogP contribution in [-0.2, 0) is 30.4 Å².